The van der Waals surface area contributed by atoms with Crippen LogP contribution >= 0.6 is 11.8 Å². The van der Waals surface area contributed by atoms with Gasteiger partial charge >= 0.3 is 0 Å². The summed E-state index contributed by atoms with van der Waals surface area (Å²) < 4.78 is 6.04. The van der Waals surface area contributed by atoms with Crippen LogP contribution in [0.25, 0.3) is 17.4 Å². The van der Waals surface area contributed by atoms with E-state index in [1.807, 2.05) is 35.2 Å². The number of rotatable bonds is 4. The van der Waals surface area contributed by atoms with Crippen LogP contribution in [0.3, 0.4) is 0 Å². The number of nitrogens with zero attached hydrogens (tertiary/aromatic N) is 3. The molecule has 3 aliphatic rings. The van der Waals surface area contributed by atoms with E-state index in [-0.39, 0.29) is 11.9 Å². The highest BCUT2D eigenvalue weighted by Crippen LogP contribution is 2.39. The Morgan fingerprint density at radius 1 is 0.970 bits per heavy atom. The average molecular weight is 460 g/mol. The molecule has 2 heterocycles. The molecule has 3 fully saturated rings. The van der Waals surface area contributed by atoms with Crippen molar-refractivity contribution in [1.29, 1.82) is 5.26 Å². The summed E-state index contributed by atoms with van der Waals surface area (Å²) in [7, 11) is 0. The number of amides is 1. The third kappa shape index (κ3) is 4.94. The molecular weight excluding hydrogens is 430 g/mol. The van der Waals surface area contributed by atoms with E-state index in [4.69, 9.17) is 14.7 Å². The summed E-state index contributed by atoms with van der Waals surface area (Å²) in [4.78, 5) is 21.3. The molecule has 2 aliphatic carbocycles. The van der Waals surface area contributed by atoms with Crippen LogP contribution in [0.15, 0.2) is 50.7 Å². The zero-order chi connectivity index (χ0) is 22.6. The Hall–Kier alpha value is -2.78. The summed E-state index contributed by atoms with van der Waals surface area (Å²) in [5.41, 5.74) is 1.53. The zero-order valence-electron chi connectivity index (χ0n) is 18.8. The monoisotopic (exact) mass is 459 g/mol. The van der Waals surface area contributed by atoms with Gasteiger partial charge in [0.15, 0.2) is 5.17 Å². The van der Waals surface area contributed by atoms with Crippen molar-refractivity contribution in [1.82, 2.24) is 4.90 Å². The van der Waals surface area contributed by atoms with Crippen LogP contribution in [-0.4, -0.2) is 28.1 Å². The van der Waals surface area contributed by atoms with Crippen LogP contribution in [0.2, 0.25) is 0 Å². The van der Waals surface area contributed by atoms with Crippen LogP contribution in [0.5, 0.6) is 0 Å². The molecule has 1 aliphatic heterocycles. The maximum absolute atomic E-state index is 13.5. The molecule has 0 spiro atoms. The van der Waals surface area contributed by atoms with Crippen molar-refractivity contribution >= 4 is 28.9 Å². The van der Waals surface area contributed by atoms with E-state index < -0.39 is 0 Å². The fourth-order valence-corrected chi connectivity index (χ4v) is 6.12. The summed E-state index contributed by atoms with van der Waals surface area (Å²) in [5.74, 6) is 1.45. The minimum absolute atomic E-state index is 0.0674. The van der Waals surface area contributed by atoms with Crippen LogP contribution in [0.1, 0.15) is 75.5 Å². The molecule has 5 rings (SSSR count). The Morgan fingerprint density at radius 2 is 1.67 bits per heavy atom. The number of amidine groups is 1. The molecule has 170 valence electrons. The maximum atomic E-state index is 13.5. The zero-order valence-corrected chi connectivity index (χ0v) is 19.7. The number of furan rings is 1. The molecule has 1 aromatic carbocycles. The van der Waals surface area contributed by atoms with Gasteiger partial charge in [-0.1, -0.05) is 38.5 Å². The molecule has 6 heteroatoms. The van der Waals surface area contributed by atoms with Gasteiger partial charge in [-0.2, -0.15) is 5.26 Å². The first-order chi connectivity index (χ1) is 16.2. The summed E-state index contributed by atoms with van der Waals surface area (Å²) in [6, 6.07) is 13.9. The second kappa shape index (κ2) is 10.0. The number of hydrogen-bond acceptors (Lipinski definition) is 5. The van der Waals surface area contributed by atoms with E-state index in [0.29, 0.717) is 22.3 Å². The van der Waals surface area contributed by atoms with Gasteiger partial charge < -0.3 is 4.42 Å². The molecule has 2 saturated carbocycles. The third-order valence-electron chi connectivity index (χ3n) is 6.84. The van der Waals surface area contributed by atoms with E-state index in [1.165, 1.54) is 50.3 Å². The Kier molecular flexibility index (Phi) is 6.68. The lowest BCUT2D eigenvalue weighted by Crippen LogP contribution is -2.41. The molecule has 2 aromatic rings. The SMILES string of the molecule is N#Cc1ccc(-c2ccc(C=C3SC(=NC4CCCCC4)N(C4CCCCC4)C3=O)o2)cc1. The van der Waals surface area contributed by atoms with Crippen molar-refractivity contribution in [2.45, 2.75) is 76.3 Å². The fraction of sp³-hybridized carbons (Fsp3) is 0.444. The first kappa shape index (κ1) is 22.0. The Labute approximate surface area is 199 Å². The Bertz CT molecular complexity index is 1100. The van der Waals surface area contributed by atoms with Crippen molar-refractivity contribution < 1.29 is 9.21 Å². The van der Waals surface area contributed by atoms with Gasteiger partial charge in [-0.05, 0) is 73.8 Å². The number of aliphatic imine (C=N–C) groups is 1. The van der Waals surface area contributed by atoms with Crippen molar-refractivity contribution in [3.63, 3.8) is 0 Å². The molecule has 0 bridgehead atoms. The molecule has 5 nitrogen and oxygen atoms in total. The lowest BCUT2D eigenvalue weighted by Gasteiger charge is -2.31. The van der Waals surface area contributed by atoms with Crippen LogP contribution in [0.4, 0.5) is 0 Å². The molecule has 0 radical (unpaired) electrons. The van der Waals surface area contributed by atoms with E-state index >= 15 is 0 Å². The fourth-order valence-electron chi connectivity index (χ4n) is 5.03. The second-order valence-corrected chi connectivity index (χ2v) is 10.2. The topological polar surface area (TPSA) is 69.6 Å². The van der Waals surface area contributed by atoms with Crippen LogP contribution in [0, 0.1) is 11.3 Å². The van der Waals surface area contributed by atoms with Gasteiger partial charge in [0.25, 0.3) is 5.91 Å². The number of hydrogen-bond donors (Lipinski definition) is 0. The Balaban J connectivity index is 1.40. The average Bonchev–Trinajstić information content (AvgIpc) is 3.45. The van der Waals surface area contributed by atoms with Gasteiger partial charge in [0, 0.05) is 17.7 Å². The number of carbonyl (C=O) groups excluding carboxylic acids is 1. The lowest BCUT2D eigenvalue weighted by atomic mass is 9.94. The largest absolute Gasteiger partial charge is 0.457 e. The molecule has 1 aromatic heterocycles. The number of carbonyl (C=O) groups is 1. The predicted octanol–water partition coefficient (Wildman–Crippen LogP) is 6.76. The highest BCUT2D eigenvalue weighted by Gasteiger charge is 2.39. The highest BCUT2D eigenvalue weighted by molar-refractivity contribution is 8.18. The van der Waals surface area contributed by atoms with Gasteiger partial charge in [-0.3, -0.25) is 14.7 Å². The summed E-state index contributed by atoms with van der Waals surface area (Å²) in [5, 5.41) is 9.89. The minimum atomic E-state index is 0.0674. The van der Waals surface area contributed by atoms with Crippen molar-refractivity contribution in [3.8, 4) is 17.4 Å². The molecule has 0 unspecified atom stereocenters. The van der Waals surface area contributed by atoms with Crippen LogP contribution < -0.4 is 0 Å². The maximum Gasteiger partial charge on any atom is 0.267 e. The number of benzene rings is 1. The smallest absolute Gasteiger partial charge is 0.267 e. The summed E-state index contributed by atoms with van der Waals surface area (Å²) in [6.45, 7) is 0. The molecule has 1 amide bonds. The molecule has 0 atom stereocenters. The molecule has 33 heavy (non-hydrogen) atoms. The second-order valence-electron chi connectivity index (χ2n) is 9.17. The quantitative estimate of drug-likeness (QED) is 0.474. The van der Waals surface area contributed by atoms with Gasteiger partial charge in [0.1, 0.15) is 11.5 Å². The first-order valence-corrected chi connectivity index (χ1v) is 12.9. The predicted molar refractivity (Wildman–Crippen MR) is 132 cm³/mol. The van der Waals surface area contributed by atoms with Gasteiger partial charge in [-0.25, -0.2) is 0 Å². The van der Waals surface area contributed by atoms with Gasteiger partial charge in [-0.15, -0.1) is 0 Å². The summed E-state index contributed by atoms with van der Waals surface area (Å²) in [6.07, 6.45) is 13.6. The normalized spacial score (nSPS) is 22.9. The summed E-state index contributed by atoms with van der Waals surface area (Å²) >= 11 is 1.51. The van der Waals surface area contributed by atoms with Crippen molar-refractivity contribution in [3.05, 3.63) is 52.6 Å². The van der Waals surface area contributed by atoms with E-state index in [9.17, 15) is 4.79 Å². The number of nitriles is 1. The number of thioether (sulfide) groups is 1. The Morgan fingerprint density at radius 3 is 2.36 bits per heavy atom. The third-order valence-corrected chi connectivity index (χ3v) is 7.84. The van der Waals surface area contributed by atoms with Crippen molar-refractivity contribution in [2.24, 2.45) is 4.99 Å². The minimum Gasteiger partial charge on any atom is -0.457 e. The lowest BCUT2D eigenvalue weighted by molar-refractivity contribution is -0.124. The molecule has 0 N–H and O–H groups in total. The molecule has 1 saturated heterocycles. The first-order valence-electron chi connectivity index (χ1n) is 12.1. The van der Waals surface area contributed by atoms with E-state index in [2.05, 4.69) is 6.07 Å². The highest BCUT2D eigenvalue weighted by atomic mass is 32.2. The van der Waals surface area contributed by atoms with Crippen molar-refractivity contribution in [2.75, 3.05) is 0 Å². The van der Waals surface area contributed by atoms with Gasteiger partial charge in [0.05, 0.1) is 22.6 Å². The van der Waals surface area contributed by atoms with E-state index in [1.54, 1.807) is 12.1 Å². The molecular formula is C27H29N3O2S. The standard InChI is InChI=1S/C27H29N3O2S/c28-18-19-11-13-20(14-12-19)24-16-15-23(32-24)17-25-26(31)30(22-9-5-2-6-10-22)27(33-25)29-21-7-3-1-4-8-21/h11-17,21-22H,1-10H2. The van der Waals surface area contributed by atoms with E-state index in [0.717, 1.165) is 42.2 Å². The van der Waals surface area contributed by atoms with Crippen LogP contribution in [-0.2, 0) is 4.79 Å². The van der Waals surface area contributed by atoms with Gasteiger partial charge in [0.2, 0.25) is 0 Å².